The van der Waals surface area contributed by atoms with Gasteiger partial charge in [0.15, 0.2) is 23.0 Å². The number of likely N-dealkylation sites (N-methyl/N-ethyl adjacent to an activating group) is 1. The van der Waals surface area contributed by atoms with Gasteiger partial charge < -0.3 is 28.4 Å². The summed E-state index contributed by atoms with van der Waals surface area (Å²) in [6, 6.07) is 11.8. The van der Waals surface area contributed by atoms with Crippen LogP contribution in [-0.4, -0.2) is 62.2 Å². The number of carbonyl (C=O) groups excluding carboxylic acids is 1. The standard InChI is InChI=1S/C29H27N3O6/c1-31(2)9-10-32-27-20-13-24-25(37-16-36-24)14-22(20)30-15-21(27)18-11-23(35-3)26(12-19(18)28(32)33)38-29(34)17-7-5-4-6-8-17/h4-8,11-15,20,22H,9-10,16H2,1-3H3. The second kappa shape index (κ2) is 9.50. The van der Waals surface area contributed by atoms with Gasteiger partial charge in [-0.05, 0) is 50.5 Å². The third-order valence-corrected chi connectivity index (χ3v) is 7.00. The van der Waals surface area contributed by atoms with Gasteiger partial charge in [-0.1, -0.05) is 18.2 Å². The van der Waals surface area contributed by atoms with Crippen LogP contribution >= 0.6 is 0 Å². The Morgan fingerprint density at radius 2 is 1.82 bits per heavy atom. The lowest BCUT2D eigenvalue weighted by Crippen LogP contribution is -2.35. The lowest BCUT2D eigenvalue weighted by Gasteiger charge is -2.31. The number of fused-ring (bicyclic) bond motifs is 6. The molecule has 9 nitrogen and oxygen atoms in total. The highest BCUT2D eigenvalue weighted by molar-refractivity contribution is 6.03. The van der Waals surface area contributed by atoms with Gasteiger partial charge in [0, 0.05) is 41.9 Å². The molecule has 0 saturated carbocycles. The molecule has 1 aromatic heterocycles. The van der Waals surface area contributed by atoms with E-state index in [9.17, 15) is 9.59 Å². The van der Waals surface area contributed by atoms with Crippen molar-refractivity contribution in [3.63, 3.8) is 0 Å². The number of ether oxygens (including phenoxy) is 4. The van der Waals surface area contributed by atoms with E-state index in [4.69, 9.17) is 23.9 Å². The van der Waals surface area contributed by atoms with Gasteiger partial charge in [-0.15, -0.1) is 0 Å². The van der Waals surface area contributed by atoms with Crippen LogP contribution in [0.25, 0.3) is 10.8 Å². The molecular weight excluding hydrogens is 486 g/mol. The van der Waals surface area contributed by atoms with E-state index in [1.54, 1.807) is 36.4 Å². The summed E-state index contributed by atoms with van der Waals surface area (Å²) in [6.07, 6.45) is 5.75. The van der Waals surface area contributed by atoms with E-state index >= 15 is 0 Å². The van der Waals surface area contributed by atoms with E-state index in [1.807, 2.05) is 48.0 Å². The molecule has 3 aliphatic rings. The quantitative estimate of drug-likeness (QED) is 0.368. The van der Waals surface area contributed by atoms with Crippen molar-refractivity contribution < 1.29 is 23.7 Å². The van der Waals surface area contributed by atoms with Crippen molar-refractivity contribution >= 4 is 23.0 Å². The van der Waals surface area contributed by atoms with Crippen molar-refractivity contribution in [3.05, 3.63) is 93.3 Å². The zero-order valence-electron chi connectivity index (χ0n) is 21.3. The van der Waals surface area contributed by atoms with Gasteiger partial charge in [-0.2, -0.15) is 0 Å². The zero-order chi connectivity index (χ0) is 26.4. The Balaban J connectivity index is 1.53. The number of aromatic nitrogens is 1. The first-order valence-electron chi connectivity index (χ1n) is 12.4. The maximum absolute atomic E-state index is 14.0. The Bertz CT molecular complexity index is 1590. The molecule has 3 heterocycles. The summed E-state index contributed by atoms with van der Waals surface area (Å²) in [5.74, 6) is 1.15. The Morgan fingerprint density at radius 3 is 2.55 bits per heavy atom. The number of benzene rings is 2. The van der Waals surface area contributed by atoms with Crippen LogP contribution in [-0.2, 0) is 16.0 Å². The molecular formula is C29H27N3O6. The number of hydrogen-bond acceptors (Lipinski definition) is 8. The minimum absolute atomic E-state index is 0.167. The molecule has 2 aromatic carbocycles. The molecule has 6 rings (SSSR count). The molecule has 1 fully saturated rings. The van der Waals surface area contributed by atoms with E-state index < -0.39 is 5.97 Å². The van der Waals surface area contributed by atoms with Gasteiger partial charge in [0.1, 0.15) is 0 Å². The van der Waals surface area contributed by atoms with Gasteiger partial charge in [0.05, 0.1) is 24.1 Å². The number of carbonyl (C=O) groups is 1. The van der Waals surface area contributed by atoms with Crippen molar-refractivity contribution in [2.75, 3.05) is 34.5 Å². The molecule has 0 bridgehead atoms. The number of nitrogens with zero attached hydrogens (tertiary/aromatic N) is 3. The third kappa shape index (κ3) is 4.05. The fourth-order valence-electron chi connectivity index (χ4n) is 5.10. The second-order valence-corrected chi connectivity index (χ2v) is 9.63. The fourth-order valence-corrected chi connectivity index (χ4v) is 5.10. The van der Waals surface area contributed by atoms with Crippen LogP contribution in [0, 0.1) is 0 Å². The highest BCUT2D eigenvalue weighted by atomic mass is 16.7. The van der Waals surface area contributed by atoms with E-state index in [0.29, 0.717) is 46.7 Å². The van der Waals surface area contributed by atoms with Gasteiger partial charge in [-0.25, -0.2) is 4.79 Å². The molecule has 2 unspecified atom stereocenters. The minimum atomic E-state index is -0.534. The third-order valence-electron chi connectivity index (χ3n) is 7.00. The summed E-state index contributed by atoms with van der Waals surface area (Å²) in [4.78, 5) is 33.7. The number of aliphatic imine (C=N–C) groups is 1. The monoisotopic (exact) mass is 513 g/mol. The average Bonchev–Trinajstić information content (AvgIpc) is 3.39. The first-order chi connectivity index (χ1) is 18.4. The molecule has 0 N–H and O–H groups in total. The highest BCUT2D eigenvalue weighted by Gasteiger charge is 2.36. The molecule has 194 valence electrons. The van der Waals surface area contributed by atoms with Gasteiger partial charge in [0.25, 0.3) is 5.56 Å². The highest BCUT2D eigenvalue weighted by Crippen LogP contribution is 2.42. The maximum atomic E-state index is 14.0. The lowest BCUT2D eigenvalue weighted by atomic mass is 9.84. The number of pyridine rings is 1. The summed E-state index contributed by atoms with van der Waals surface area (Å²) in [6.45, 7) is 1.31. The molecule has 0 spiro atoms. The molecule has 0 amide bonds. The molecule has 38 heavy (non-hydrogen) atoms. The predicted molar refractivity (Wildman–Crippen MR) is 142 cm³/mol. The average molecular weight is 514 g/mol. The maximum Gasteiger partial charge on any atom is 0.343 e. The number of esters is 1. The summed E-state index contributed by atoms with van der Waals surface area (Å²) < 4.78 is 24.3. The Labute approximate surface area is 219 Å². The topological polar surface area (TPSA) is 91.6 Å². The zero-order valence-corrected chi connectivity index (χ0v) is 21.3. The molecule has 3 aromatic rings. The number of methoxy groups -OCH3 is 1. The van der Waals surface area contributed by atoms with Crippen molar-refractivity contribution in [3.8, 4) is 11.5 Å². The summed E-state index contributed by atoms with van der Waals surface area (Å²) in [7, 11) is 5.44. The normalized spacial score (nSPS) is 19.1. The van der Waals surface area contributed by atoms with Crippen molar-refractivity contribution in [2.45, 2.75) is 18.5 Å². The number of hydrogen-bond donors (Lipinski definition) is 0. The van der Waals surface area contributed by atoms with Crippen LogP contribution in [0.5, 0.6) is 11.5 Å². The largest absolute Gasteiger partial charge is 0.493 e. The Hall–Kier alpha value is -4.37. The van der Waals surface area contributed by atoms with Crippen molar-refractivity contribution in [1.82, 2.24) is 9.47 Å². The predicted octanol–water partition coefficient (Wildman–Crippen LogP) is 3.46. The van der Waals surface area contributed by atoms with E-state index in [2.05, 4.69) is 0 Å². The summed E-state index contributed by atoms with van der Waals surface area (Å²) in [5, 5.41) is 1.10. The molecule has 9 heteroatoms. The van der Waals surface area contributed by atoms with Crippen LogP contribution in [0.2, 0.25) is 0 Å². The first kappa shape index (κ1) is 24.0. The minimum Gasteiger partial charge on any atom is -0.493 e. The van der Waals surface area contributed by atoms with Crippen LogP contribution in [0.3, 0.4) is 0 Å². The Kier molecular flexibility index (Phi) is 6.00. The Morgan fingerprint density at radius 1 is 1.08 bits per heavy atom. The van der Waals surface area contributed by atoms with E-state index in [1.165, 1.54) is 7.11 Å². The lowest BCUT2D eigenvalue weighted by molar-refractivity contribution is 0.0730. The van der Waals surface area contributed by atoms with Gasteiger partial charge in [-0.3, -0.25) is 9.79 Å². The smallest absolute Gasteiger partial charge is 0.343 e. The van der Waals surface area contributed by atoms with Crippen molar-refractivity contribution in [1.29, 1.82) is 0 Å². The van der Waals surface area contributed by atoms with Gasteiger partial charge >= 0.3 is 5.97 Å². The fraction of sp³-hybridized carbons (Fsp3) is 0.276. The SMILES string of the molecule is COc1cc2c3c(n(CCN(C)C)c(=O)c2cc1OC(=O)c1ccccc1)C1C=C2OCOC2=CC1N=C3. The second-order valence-electron chi connectivity index (χ2n) is 9.63. The molecule has 2 aliphatic heterocycles. The molecule has 0 radical (unpaired) electrons. The molecule has 1 saturated heterocycles. The van der Waals surface area contributed by atoms with Crippen LogP contribution < -0.4 is 15.0 Å². The number of rotatable bonds is 6. The summed E-state index contributed by atoms with van der Waals surface area (Å²) >= 11 is 0. The summed E-state index contributed by atoms with van der Waals surface area (Å²) in [5.41, 5.74) is 1.91. The van der Waals surface area contributed by atoms with E-state index in [0.717, 1.165) is 11.3 Å². The molecule has 1 aliphatic carbocycles. The van der Waals surface area contributed by atoms with Crippen LogP contribution in [0.4, 0.5) is 0 Å². The van der Waals surface area contributed by atoms with Crippen LogP contribution in [0.1, 0.15) is 27.5 Å². The van der Waals surface area contributed by atoms with E-state index in [-0.39, 0.29) is 30.1 Å². The first-order valence-corrected chi connectivity index (χ1v) is 12.4. The molecule has 2 atom stereocenters. The van der Waals surface area contributed by atoms with Gasteiger partial charge in [0.2, 0.25) is 6.79 Å². The van der Waals surface area contributed by atoms with Crippen molar-refractivity contribution in [2.24, 2.45) is 4.99 Å². The van der Waals surface area contributed by atoms with Crippen LogP contribution in [0.15, 0.2) is 75.9 Å².